The van der Waals surface area contributed by atoms with Gasteiger partial charge in [0.05, 0.1) is 29.8 Å². The lowest BCUT2D eigenvalue weighted by molar-refractivity contribution is -0.216. The number of ether oxygens (including phenoxy) is 1. The number of hydrogen-bond acceptors (Lipinski definition) is 4. The highest BCUT2D eigenvalue weighted by atomic mass is 16.5. The zero-order valence-electron chi connectivity index (χ0n) is 15.0. The van der Waals surface area contributed by atoms with Crippen molar-refractivity contribution in [1.82, 2.24) is 0 Å². The van der Waals surface area contributed by atoms with Gasteiger partial charge in [0, 0.05) is 11.8 Å². The SMILES string of the molecule is C[C@]12CC[C@H]3[C@@]4(CC[C@@]5(O)C[C@@H](O)CC[C@]35CO4)[C@@H]1CC[C@@H]2C(=O)O. The van der Waals surface area contributed by atoms with Crippen molar-refractivity contribution in [3.63, 3.8) is 0 Å². The number of hydrogen-bond donors (Lipinski definition) is 3. The van der Waals surface area contributed by atoms with Crippen LogP contribution in [-0.4, -0.2) is 45.2 Å². The Morgan fingerprint density at radius 1 is 1.04 bits per heavy atom. The van der Waals surface area contributed by atoms with Crippen molar-refractivity contribution < 1.29 is 24.9 Å². The third-order valence-electron chi connectivity index (χ3n) is 9.40. The molecule has 140 valence electrons. The second kappa shape index (κ2) is 4.79. The van der Waals surface area contributed by atoms with E-state index in [1.807, 2.05) is 0 Å². The van der Waals surface area contributed by atoms with Crippen LogP contribution in [-0.2, 0) is 9.53 Å². The summed E-state index contributed by atoms with van der Waals surface area (Å²) in [6.45, 7) is 2.76. The quantitative estimate of drug-likeness (QED) is 0.676. The van der Waals surface area contributed by atoms with Crippen LogP contribution in [0.4, 0.5) is 0 Å². The van der Waals surface area contributed by atoms with Crippen molar-refractivity contribution >= 4 is 5.97 Å². The Labute approximate surface area is 148 Å². The number of fused-ring (bicyclic) bond motifs is 1. The fourth-order valence-electron chi connectivity index (χ4n) is 8.27. The van der Waals surface area contributed by atoms with E-state index in [2.05, 4.69) is 6.92 Å². The molecular formula is C20H30O5. The van der Waals surface area contributed by atoms with Crippen LogP contribution in [0.25, 0.3) is 0 Å². The molecule has 5 rings (SSSR count). The predicted molar refractivity (Wildman–Crippen MR) is 89.8 cm³/mol. The fourth-order valence-corrected chi connectivity index (χ4v) is 8.27. The van der Waals surface area contributed by atoms with E-state index in [1.165, 1.54) is 0 Å². The summed E-state index contributed by atoms with van der Waals surface area (Å²) in [6, 6.07) is 0. The van der Waals surface area contributed by atoms with Gasteiger partial charge in [-0.05, 0) is 68.6 Å². The second-order valence-corrected chi connectivity index (χ2v) is 9.95. The van der Waals surface area contributed by atoms with E-state index in [9.17, 15) is 20.1 Å². The van der Waals surface area contributed by atoms with Gasteiger partial charge in [-0.15, -0.1) is 0 Å². The standard InChI is InChI=1S/C20H30O5/c1-17-6-5-15-18-7-4-12(21)10-19(18,24)8-9-20(15,25-11-18)14(17)3-2-13(17)16(22)23/h12-15,21,24H,2-11H2,1H3,(H,22,23)/t12-,13+,14+,15+,17+,18-,19+,20+/m0/s1. The van der Waals surface area contributed by atoms with Crippen molar-refractivity contribution in [3.05, 3.63) is 0 Å². The summed E-state index contributed by atoms with van der Waals surface area (Å²) in [7, 11) is 0. The average Bonchev–Trinajstić information content (AvgIpc) is 3.03. The Morgan fingerprint density at radius 2 is 1.84 bits per heavy atom. The van der Waals surface area contributed by atoms with Gasteiger partial charge in [0.1, 0.15) is 0 Å². The lowest BCUT2D eigenvalue weighted by Crippen LogP contribution is -2.66. The predicted octanol–water partition coefficient (Wildman–Crippen LogP) is 2.34. The molecule has 0 amide bonds. The lowest BCUT2D eigenvalue weighted by Gasteiger charge is -2.63. The van der Waals surface area contributed by atoms with E-state index >= 15 is 0 Å². The number of aliphatic hydroxyl groups excluding tert-OH is 1. The summed E-state index contributed by atoms with van der Waals surface area (Å²) in [5.74, 6) is -0.310. The lowest BCUT2D eigenvalue weighted by atomic mass is 9.42. The zero-order chi connectivity index (χ0) is 17.7. The van der Waals surface area contributed by atoms with Gasteiger partial charge in [-0.2, -0.15) is 0 Å². The summed E-state index contributed by atoms with van der Waals surface area (Å²) in [5.41, 5.74) is -1.47. The molecule has 5 aliphatic rings. The van der Waals surface area contributed by atoms with Crippen LogP contribution in [0.2, 0.25) is 0 Å². The van der Waals surface area contributed by atoms with Crippen LogP contribution in [0.15, 0.2) is 0 Å². The minimum atomic E-state index is -0.812. The highest BCUT2D eigenvalue weighted by molar-refractivity contribution is 5.71. The summed E-state index contributed by atoms with van der Waals surface area (Å²) in [5, 5.41) is 31.4. The molecule has 0 aromatic carbocycles. The van der Waals surface area contributed by atoms with Crippen molar-refractivity contribution in [2.45, 2.75) is 82.0 Å². The highest BCUT2D eigenvalue weighted by Crippen LogP contribution is 2.74. The molecule has 0 unspecified atom stereocenters. The Kier molecular flexibility index (Phi) is 3.16. The zero-order valence-corrected chi connectivity index (χ0v) is 15.0. The van der Waals surface area contributed by atoms with E-state index in [-0.39, 0.29) is 28.3 Å². The van der Waals surface area contributed by atoms with Crippen LogP contribution in [0.1, 0.15) is 64.7 Å². The summed E-state index contributed by atoms with van der Waals surface area (Å²) >= 11 is 0. The molecule has 1 spiro atoms. The molecule has 1 aliphatic heterocycles. The third-order valence-corrected chi connectivity index (χ3v) is 9.40. The van der Waals surface area contributed by atoms with Gasteiger partial charge in [-0.1, -0.05) is 6.92 Å². The molecule has 2 bridgehead atoms. The molecule has 4 aliphatic carbocycles. The van der Waals surface area contributed by atoms with E-state index in [0.29, 0.717) is 25.4 Å². The van der Waals surface area contributed by atoms with E-state index in [1.54, 1.807) is 0 Å². The molecule has 8 atom stereocenters. The first-order valence-electron chi connectivity index (χ1n) is 10.0. The summed E-state index contributed by atoms with van der Waals surface area (Å²) in [6.07, 6.45) is 6.72. The van der Waals surface area contributed by atoms with Crippen LogP contribution in [0.3, 0.4) is 0 Å². The molecule has 1 heterocycles. The second-order valence-electron chi connectivity index (χ2n) is 9.95. The van der Waals surface area contributed by atoms with E-state index in [0.717, 1.165) is 44.9 Å². The number of carbonyl (C=O) groups is 1. The van der Waals surface area contributed by atoms with Gasteiger partial charge < -0.3 is 20.1 Å². The molecule has 5 fully saturated rings. The number of rotatable bonds is 1. The van der Waals surface area contributed by atoms with Gasteiger partial charge >= 0.3 is 5.97 Å². The van der Waals surface area contributed by atoms with Crippen molar-refractivity contribution in [2.75, 3.05) is 6.61 Å². The first-order valence-corrected chi connectivity index (χ1v) is 10.0. The Bertz CT molecular complexity index is 621. The Morgan fingerprint density at radius 3 is 2.60 bits per heavy atom. The maximum atomic E-state index is 11.8. The summed E-state index contributed by atoms with van der Waals surface area (Å²) in [4.78, 5) is 11.8. The summed E-state index contributed by atoms with van der Waals surface area (Å²) < 4.78 is 6.60. The van der Waals surface area contributed by atoms with Crippen LogP contribution in [0.5, 0.6) is 0 Å². The molecule has 1 saturated heterocycles. The molecule has 0 aromatic heterocycles. The minimum Gasteiger partial charge on any atom is -0.481 e. The number of aliphatic carboxylic acids is 1. The van der Waals surface area contributed by atoms with E-state index < -0.39 is 17.7 Å². The minimum absolute atomic E-state index is 0.183. The first kappa shape index (κ1) is 16.5. The monoisotopic (exact) mass is 350 g/mol. The van der Waals surface area contributed by atoms with Crippen LogP contribution >= 0.6 is 0 Å². The average molecular weight is 350 g/mol. The largest absolute Gasteiger partial charge is 0.481 e. The first-order chi connectivity index (χ1) is 11.8. The third kappa shape index (κ3) is 1.73. The molecular weight excluding hydrogens is 320 g/mol. The van der Waals surface area contributed by atoms with Crippen LogP contribution < -0.4 is 0 Å². The molecule has 25 heavy (non-hydrogen) atoms. The van der Waals surface area contributed by atoms with Gasteiger partial charge in [0.25, 0.3) is 0 Å². The number of carboxylic acids is 1. The molecule has 5 heteroatoms. The number of carboxylic acid groups (broad SMARTS) is 1. The van der Waals surface area contributed by atoms with Crippen molar-refractivity contribution in [1.29, 1.82) is 0 Å². The smallest absolute Gasteiger partial charge is 0.307 e. The topological polar surface area (TPSA) is 87.0 Å². The number of aliphatic hydroxyl groups is 2. The molecule has 5 nitrogen and oxygen atoms in total. The molecule has 0 aromatic rings. The van der Waals surface area contributed by atoms with Crippen LogP contribution in [0, 0.1) is 28.6 Å². The molecule has 4 saturated carbocycles. The highest BCUT2D eigenvalue weighted by Gasteiger charge is 2.76. The maximum Gasteiger partial charge on any atom is 0.307 e. The van der Waals surface area contributed by atoms with Crippen molar-refractivity contribution in [2.24, 2.45) is 28.6 Å². The molecule has 0 radical (unpaired) electrons. The fraction of sp³-hybridized carbons (Fsp3) is 0.950. The maximum absolute atomic E-state index is 11.8. The Hall–Kier alpha value is -0.650. The van der Waals surface area contributed by atoms with Crippen molar-refractivity contribution in [3.8, 4) is 0 Å². The normalized spacial score (nSPS) is 59.8. The molecule has 3 N–H and O–H groups in total. The van der Waals surface area contributed by atoms with Gasteiger partial charge in [-0.25, -0.2) is 0 Å². The van der Waals surface area contributed by atoms with E-state index in [4.69, 9.17) is 4.74 Å². The Balaban J connectivity index is 1.56. The van der Waals surface area contributed by atoms with Gasteiger partial charge in [-0.3, -0.25) is 4.79 Å². The van der Waals surface area contributed by atoms with Gasteiger partial charge in [0.15, 0.2) is 0 Å². The van der Waals surface area contributed by atoms with Gasteiger partial charge in [0.2, 0.25) is 0 Å².